The lowest BCUT2D eigenvalue weighted by atomic mass is 10.0. The maximum atomic E-state index is 12.1. The second kappa shape index (κ2) is 27.5. The topological polar surface area (TPSA) is 20.3 Å². The molecule has 0 fully saturated rings. The third-order valence-corrected chi connectivity index (χ3v) is 7.05. The molecule has 0 spiro atoms. The minimum Gasteiger partial charge on any atom is -0.339 e. The van der Waals surface area contributed by atoms with E-state index in [0.29, 0.717) is 0 Å². The lowest BCUT2D eigenvalue weighted by Gasteiger charge is -2.21. The zero-order chi connectivity index (χ0) is 24.2. The highest BCUT2D eigenvalue weighted by atomic mass is 16.2. The van der Waals surface area contributed by atoms with Crippen LogP contribution in [0.4, 0.5) is 0 Å². The minimum atomic E-state index is 0.124. The van der Waals surface area contributed by atoms with E-state index >= 15 is 0 Å². The van der Waals surface area contributed by atoms with E-state index in [-0.39, 0.29) is 5.91 Å². The molecule has 0 rings (SSSR count). The van der Waals surface area contributed by atoms with Gasteiger partial charge in [-0.1, -0.05) is 162 Å². The van der Waals surface area contributed by atoms with Crippen LogP contribution in [0, 0.1) is 0 Å². The summed E-state index contributed by atoms with van der Waals surface area (Å²) in [5.74, 6) is 0.124. The molecule has 0 N–H and O–H groups in total. The number of amides is 1. The first kappa shape index (κ1) is 32.2. The van der Waals surface area contributed by atoms with Crippen LogP contribution in [-0.2, 0) is 4.79 Å². The predicted octanol–water partition coefficient (Wildman–Crippen LogP) is 10.4. The summed E-state index contributed by atoms with van der Waals surface area (Å²) in [6.45, 7) is 10.1. The fourth-order valence-electron chi connectivity index (χ4n) is 4.75. The fourth-order valence-corrected chi connectivity index (χ4v) is 4.75. The molecule has 0 atom stereocenters. The molecule has 0 aliphatic heterocycles. The summed E-state index contributed by atoms with van der Waals surface area (Å²) in [7, 11) is 0. The molecule has 0 saturated carbocycles. The van der Waals surface area contributed by atoms with Crippen LogP contribution in [0.15, 0.2) is 12.7 Å². The molecule has 33 heavy (non-hydrogen) atoms. The highest BCUT2D eigenvalue weighted by Gasteiger charge is 2.09. The van der Waals surface area contributed by atoms with Crippen LogP contribution in [0.2, 0.25) is 0 Å². The van der Waals surface area contributed by atoms with Crippen LogP contribution in [0.25, 0.3) is 0 Å². The third-order valence-electron chi connectivity index (χ3n) is 7.05. The van der Waals surface area contributed by atoms with Gasteiger partial charge in [-0.2, -0.15) is 0 Å². The molecule has 0 aliphatic rings. The number of carbonyl (C=O) groups is 1. The average molecular weight is 464 g/mol. The number of nitrogens with zero attached hydrogens (tertiary/aromatic N) is 1. The summed E-state index contributed by atoms with van der Waals surface area (Å²) >= 11 is 0. The fraction of sp³-hybridized carbons (Fsp3) is 0.903. The van der Waals surface area contributed by atoms with E-state index in [0.717, 1.165) is 25.9 Å². The molecule has 0 aromatic heterocycles. The molecule has 2 heteroatoms. The van der Waals surface area contributed by atoms with Crippen molar-refractivity contribution in [3.63, 3.8) is 0 Å². The van der Waals surface area contributed by atoms with Gasteiger partial charge in [-0.05, 0) is 18.9 Å². The molecular weight excluding hydrogens is 402 g/mol. The van der Waals surface area contributed by atoms with Gasteiger partial charge in [0.25, 0.3) is 0 Å². The van der Waals surface area contributed by atoms with Gasteiger partial charge in [-0.3, -0.25) is 4.79 Å². The van der Waals surface area contributed by atoms with Gasteiger partial charge in [0.05, 0.1) is 0 Å². The van der Waals surface area contributed by atoms with Crippen LogP contribution in [0.3, 0.4) is 0 Å². The van der Waals surface area contributed by atoms with E-state index in [1.54, 1.807) is 0 Å². The largest absolute Gasteiger partial charge is 0.339 e. The Morgan fingerprint density at radius 3 is 0.970 bits per heavy atom. The summed E-state index contributed by atoms with van der Waals surface area (Å²) < 4.78 is 0. The van der Waals surface area contributed by atoms with Crippen LogP contribution in [0.5, 0.6) is 0 Å². The Balaban J connectivity index is 3.49. The van der Waals surface area contributed by atoms with Crippen molar-refractivity contribution in [2.24, 2.45) is 0 Å². The first-order valence-corrected chi connectivity index (χ1v) is 15.2. The number of carbonyl (C=O) groups excluding carboxylic acids is 1. The van der Waals surface area contributed by atoms with E-state index in [9.17, 15) is 4.79 Å². The van der Waals surface area contributed by atoms with Crippen molar-refractivity contribution < 1.29 is 4.79 Å². The van der Waals surface area contributed by atoms with E-state index in [1.807, 2.05) is 4.90 Å². The van der Waals surface area contributed by atoms with Crippen LogP contribution < -0.4 is 0 Å². The number of hydrogen-bond donors (Lipinski definition) is 0. The van der Waals surface area contributed by atoms with Crippen LogP contribution in [0.1, 0.15) is 168 Å². The van der Waals surface area contributed by atoms with Crippen molar-refractivity contribution in [1.29, 1.82) is 0 Å². The molecule has 196 valence electrons. The summed E-state index contributed by atoms with van der Waals surface area (Å²) in [5, 5.41) is 0. The van der Waals surface area contributed by atoms with E-state index in [2.05, 4.69) is 20.4 Å². The maximum absolute atomic E-state index is 12.1. The lowest BCUT2D eigenvalue weighted by Crippen LogP contribution is -2.31. The number of rotatable bonds is 27. The average Bonchev–Trinajstić information content (AvgIpc) is 2.83. The molecule has 1 amide bonds. The summed E-state index contributed by atoms with van der Waals surface area (Å²) in [6.07, 6.45) is 34.3. The molecule has 0 aliphatic carbocycles. The van der Waals surface area contributed by atoms with E-state index in [1.165, 1.54) is 147 Å². The van der Waals surface area contributed by atoms with Gasteiger partial charge in [0, 0.05) is 13.1 Å². The Morgan fingerprint density at radius 1 is 0.485 bits per heavy atom. The van der Waals surface area contributed by atoms with Gasteiger partial charge in [-0.25, -0.2) is 0 Å². The van der Waals surface area contributed by atoms with Gasteiger partial charge in [0.15, 0.2) is 0 Å². The molecule has 0 aromatic rings. The smallest absolute Gasteiger partial charge is 0.245 e. The molecule has 0 saturated heterocycles. The van der Waals surface area contributed by atoms with Crippen molar-refractivity contribution >= 4 is 5.91 Å². The molecule has 0 heterocycles. The summed E-state index contributed by atoms with van der Waals surface area (Å²) in [4.78, 5) is 14.2. The van der Waals surface area contributed by atoms with Crippen molar-refractivity contribution in [1.82, 2.24) is 4.90 Å². The van der Waals surface area contributed by atoms with Crippen molar-refractivity contribution in [3.8, 4) is 0 Å². The maximum Gasteiger partial charge on any atom is 0.245 e. The van der Waals surface area contributed by atoms with Gasteiger partial charge >= 0.3 is 0 Å². The van der Waals surface area contributed by atoms with Crippen molar-refractivity contribution in [3.05, 3.63) is 12.7 Å². The number of unbranched alkanes of at least 4 members (excludes halogenated alkanes) is 22. The van der Waals surface area contributed by atoms with E-state index in [4.69, 9.17) is 0 Å². The second-order valence-electron chi connectivity index (χ2n) is 10.3. The standard InChI is InChI=1S/C31H61NO/c1-4-7-9-11-13-15-16-17-18-19-20-21-22-24-26-28-30-32(31(33)6-3)29-27-25-23-14-12-10-8-5-2/h6H,3-5,7-30H2,1-2H3. The van der Waals surface area contributed by atoms with Gasteiger partial charge in [0.1, 0.15) is 0 Å². The molecule has 2 nitrogen and oxygen atoms in total. The first-order chi connectivity index (χ1) is 16.3. The molecule has 0 bridgehead atoms. The van der Waals surface area contributed by atoms with Gasteiger partial charge in [0.2, 0.25) is 5.91 Å². The Bertz CT molecular complexity index is 406. The molecule has 0 aromatic carbocycles. The summed E-state index contributed by atoms with van der Waals surface area (Å²) in [5.41, 5.74) is 0. The number of hydrogen-bond acceptors (Lipinski definition) is 1. The molecule has 0 radical (unpaired) electrons. The Kier molecular flexibility index (Phi) is 26.8. The van der Waals surface area contributed by atoms with Crippen molar-refractivity contribution in [2.75, 3.05) is 13.1 Å². The van der Waals surface area contributed by atoms with Crippen molar-refractivity contribution in [2.45, 2.75) is 168 Å². The highest BCUT2D eigenvalue weighted by Crippen LogP contribution is 2.14. The second-order valence-corrected chi connectivity index (χ2v) is 10.3. The Hall–Kier alpha value is -0.790. The predicted molar refractivity (Wildman–Crippen MR) is 149 cm³/mol. The summed E-state index contributed by atoms with van der Waals surface area (Å²) in [6, 6.07) is 0. The third kappa shape index (κ3) is 24.1. The van der Waals surface area contributed by atoms with Crippen LogP contribution >= 0.6 is 0 Å². The van der Waals surface area contributed by atoms with Crippen LogP contribution in [-0.4, -0.2) is 23.9 Å². The van der Waals surface area contributed by atoms with Gasteiger partial charge in [-0.15, -0.1) is 0 Å². The quantitative estimate of drug-likeness (QED) is 0.0876. The Morgan fingerprint density at radius 2 is 0.727 bits per heavy atom. The molecule has 0 unspecified atom stereocenters. The zero-order valence-corrected chi connectivity index (χ0v) is 23.0. The zero-order valence-electron chi connectivity index (χ0n) is 23.0. The normalized spacial score (nSPS) is 11.1. The van der Waals surface area contributed by atoms with Gasteiger partial charge < -0.3 is 4.90 Å². The monoisotopic (exact) mass is 463 g/mol. The molecular formula is C31H61NO. The SMILES string of the molecule is C=CC(=O)N(CCCCCCCCCC)CCCCCCCCCCCCCCCCCC. The minimum absolute atomic E-state index is 0.124. The Labute approximate surface area is 209 Å². The van der Waals surface area contributed by atoms with E-state index < -0.39 is 0 Å². The lowest BCUT2D eigenvalue weighted by molar-refractivity contribution is -0.126. The highest BCUT2D eigenvalue weighted by molar-refractivity contribution is 5.86. The first-order valence-electron chi connectivity index (χ1n) is 15.2.